The van der Waals surface area contributed by atoms with Gasteiger partial charge in [-0.1, -0.05) is 0 Å². The van der Waals surface area contributed by atoms with Crippen molar-refractivity contribution in [2.45, 2.75) is 45.1 Å². The van der Waals surface area contributed by atoms with Gasteiger partial charge in [0, 0.05) is 19.0 Å². The molecule has 96 valence electrons. The molecule has 0 unspecified atom stereocenters. The van der Waals surface area contributed by atoms with Crippen molar-refractivity contribution in [1.82, 2.24) is 5.32 Å². The fourth-order valence-electron chi connectivity index (χ4n) is 2.53. The number of furan rings is 1. The van der Waals surface area contributed by atoms with Gasteiger partial charge in [0.1, 0.15) is 11.5 Å². The zero-order valence-corrected chi connectivity index (χ0v) is 10.7. The minimum atomic E-state index is 0.456. The van der Waals surface area contributed by atoms with Gasteiger partial charge in [-0.3, -0.25) is 0 Å². The van der Waals surface area contributed by atoms with Crippen LogP contribution in [-0.4, -0.2) is 19.1 Å². The van der Waals surface area contributed by atoms with Gasteiger partial charge in [-0.15, -0.1) is 0 Å². The van der Waals surface area contributed by atoms with Crippen molar-refractivity contribution < 1.29 is 4.42 Å². The molecule has 1 aromatic rings. The Kier molecular flexibility index (Phi) is 4.63. The second-order valence-electron chi connectivity index (χ2n) is 5.25. The Morgan fingerprint density at radius 2 is 2.06 bits per heavy atom. The van der Waals surface area contributed by atoms with Gasteiger partial charge in [0.05, 0.1) is 0 Å². The summed E-state index contributed by atoms with van der Waals surface area (Å²) in [4.78, 5) is 0. The molecule has 1 heterocycles. The van der Waals surface area contributed by atoms with E-state index < -0.39 is 0 Å². The summed E-state index contributed by atoms with van der Waals surface area (Å²) in [5.74, 6) is 2.91. The van der Waals surface area contributed by atoms with Crippen molar-refractivity contribution in [3.05, 3.63) is 23.7 Å². The van der Waals surface area contributed by atoms with Crippen LogP contribution in [0.3, 0.4) is 0 Å². The van der Waals surface area contributed by atoms with Crippen molar-refractivity contribution in [2.75, 3.05) is 13.1 Å². The summed E-state index contributed by atoms with van der Waals surface area (Å²) >= 11 is 0. The smallest absolute Gasteiger partial charge is 0.105 e. The van der Waals surface area contributed by atoms with Crippen LogP contribution in [-0.2, 0) is 6.42 Å². The molecule has 2 rings (SSSR count). The van der Waals surface area contributed by atoms with Gasteiger partial charge >= 0.3 is 0 Å². The Labute approximate surface area is 104 Å². The third-order valence-corrected chi connectivity index (χ3v) is 3.67. The monoisotopic (exact) mass is 236 g/mol. The molecule has 1 aliphatic rings. The van der Waals surface area contributed by atoms with E-state index in [0.717, 1.165) is 36.9 Å². The summed E-state index contributed by atoms with van der Waals surface area (Å²) in [7, 11) is 0. The van der Waals surface area contributed by atoms with Crippen molar-refractivity contribution in [3.8, 4) is 0 Å². The van der Waals surface area contributed by atoms with Crippen LogP contribution in [0.2, 0.25) is 0 Å². The Morgan fingerprint density at radius 3 is 2.71 bits per heavy atom. The topological polar surface area (TPSA) is 51.2 Å². The largest absolute Gasteiger partial charge is 0.466 e. The zero-order valence-electron chi connectivity index (χ0n) is 10.7. The predicted molar refractivity (Wildman–Crippen MR) is 70.0 cm³/mol. The van der Waals surface area contributed by atoms with Crippen LogP contribution in [0.4, 0.5) is 0 Å². The maximum absolute atomic E-state index is 5.90. The second-order valence-corrected chi connectivity index (χ2v) is 5.25. The highest BCUT2D eigenvalue weighted by Crippen LogP contribution is 2.22. The number of aryl methyl sites for hydroxylation is 1. The summed E-state index contributed by atoms with van der Waals surface area (Å²) < 4.78 is 5.53. The van der Waals surface area contributed by atoms with Gasteiger partial charge in [0.2, 0.25) is 0 Å². The standard InChI is InChI=1S/C14H24N2O/c1-11-2-7-14(17-11)8-9-16-10-12-3-5-13(15)6-4-12/h2,7,12-13,16H,3-6,8-10,15H2,1H3. The summed E-state index contributed by atoms with van der Waals surface area (Å²) in [5, 5.41) is 3.53. The van der Waals surface area contributed by atoms with Crippen LogP contribution in [0.25, 0.3) is 0 Å². The SMILES string of the molecule is Cc1ccc(CCNCC2CCC(N)CC2)o1. The van der Waals surface area contributed by atoms with E-state index in [9.17, 15) is 0 Å². The Bertz CT molecular complexity index is 327. The van der Waals surface area contributed by atoms with Crippen molar-refractivity contribution in [2.24, 2.45) is 11.7 Å². The van der Waals surface area contributed by atoms with E-state index in [4.69, 9.17) is 10.2 Å². The molecule has 0 saturated heterocycles. The average Bonchev–Trinajstić information content (AvgIpc) is 2.73. The lowest BCUT2D eigenvalue weighted by molar-refractivity contribution is 0.314. The van der Waals surface area contributed by atoms with Crippen LogP contribution in [0.15, 0.2) is 16.5 Å². The Morgan fingerprint density at radius 1 is 1.29 bits per heavy atom. The number of nitrogens with one attached hydrogen (secondary N) is 1. The molecule has 3 heteroatoms. The van der Waals surface area contributed by atoms with Crippen LogP contribution in [0.1, 0.15) is 37.2 Å². The highest BCUT2D eigenvalue weighted by molar-refractivity contribution is 5.05. The van der Waals surface area contributed by atoms with E-state index in [1.165, 1.54) is 25.7 Å². The van der Waals surface area contributed by atoms with Crippen LogP contribution >= 0.6 is 0 Å². The lowest BCUT2D eigenvalue weighted by Crippen LogP contribution is -2.32. The number of hydrogen-bond acceptors (Lipinski definition) is 3. The quantitative estimate of drug-likeness (QED) is 0.771. The molecule has 1 aromatic heterocycles. The Hall–Kier alpha value is -0.800. The molecule has 0 spiro atoms. The fraction of sp³-hybridized carbons (Fsp3) is 0.714. The molecule has 0 radical (unpaired) electrons. The maximum Gasteiger partial charge on any atom is 0.105 e. The van der Waals surface area contributed by atoms with Crippen molar-refractivity contribution in [1.29, 1.82) is 0 Å². The molecule has 1 aliphatic carbocycles. The normalized spacial score (nSPS) is 25.1. The third kappa shape index (κ3) is 4.17. The van der Waals surface area contributed by atoms with E-state index in [-0.39, 0.29) is 0 Å². The number of hydrogen-bond donors (Lipinski definition) is 2. The van der Waals surface area contributed by atoms with Gasteiger partial charge in [-0.25, -0.2) is 0 Å². The van der Waals surface area contributed by atoms with Gasteiger partial charge < -0.3 is 15.5 Å². The first kappa shape index (κ1) is 12.7. The molecule has 3 N–H and O–H groups in total. The second kappa shape index (κ2) is 6.22. The van der Waals surface area contributed by atoms with E-state index in [1.807, 2.05) is 13.0 Å². The highest BCUT2D eigenvalue weighted by atomic mass is 16.3. The Balaban J connectivity index is 1.57. The average molecular weight is 236 g/mol. The van der Waals surface area contributed by atoms with E-state index in [0.29, 0.717) is 6.04 Å². The summed E-state index contributed by atoms with van der Waals surface area (Å²) in [6, 6.07) is 4.55. The van der Waals surface area contributed by atoms with E-state index in [2.05, 4.69) is 11.4 Å². The minimum absolute atomic E-state index is 0.456. The summed E-state index contributed by atoms with van der Waals surface area (Å²) in [6.45, 7) is 4.13. The van der Waals surface area contributed by atoms with Gasteiger partial charge in [0.15, 0.2) is 0 Å². The fourth-order valence-corrected chi connectivity index (χ4v) is 2.53. The highest BCUT2D eigenvalue weighted by Gasteiger charge is 2.17. The van der Waals surface area contributed by atoms with Crippen LogP contribution in [0, 0.1) is 12.8 Å². The molecule has 0 aliphatic heterocycles. The molecule has 1 saturated carbocycles. The number of nitrogens with two attached hydrogens (primary N) is 1. The van der Waals surface area contributed by atoms with Crippen molar-refractivity contribution in [3.63, 3.8) is 0 Å². The molecular formula is C14H24N2O. The first-order chi connectivity index (χ1) is 8.24. The van der Waals surface area contributed by atoms with Crippen LogP contribution < -0.4 is 11.1 Å². The summed E-state index contributed by atoms with van der Waals surface area (Å²) in [5.41, 5.74) is 5.90. The van der Waals surface area contributed by atoms with E-state index >= 15 is 0 Å². The molecular weight excluding hydrogens is 212 g/mol. The molecule has 3 nitrogen and oxygen atoms in total. The minimum Gasteiger partial charge on any atom is -0.466 e. The van der Waals surface area contributed by atoms with Crippen molar-refractivity contribution >= 4 is 0 Å². The van der Waals surface area contributed by atoms with Gasteiger partial charge in [0.25, 0.3) is 0 Å². The first-order valence-electron chi connectivity index (χ1n) is 6.75. The summed E-state index contributed by atoms with van der Waals surface area (Å²) in [6.07, 6.45) is 5.95. The lowest BCUT2D eigenvalue weighted by atomic mass is 9.86. The molecule has 0 atom stereocenters. The lowest BCUT2D eigenvalue weighted by Gasteiger charge is -2.26. The third-order valence-electron chi connectivity index (χ3n) is 3.67. The predicted octanol–water partition coefficient (Wildman–Crippen LogP) is 2.24. The first-order valence-corrected chi connectivity index (χ1v) is 6.75. The maximum atomic E-state index is 5.90. The molecule has 0 aromatic carbocycles. The number of rotatable bonds is 5. The van der Waals surface area contributed by atoms with Gasteiger partial charge in [-0.2, -0.15) is 0 Å². The van der Waals surface area contributed by atoms with E-state index in [1.54, 1.807) is 0 Å². The molecule has 0 amide bonds. The zero-order chi connectivity index (χ0) is 12.1. The van der Waals surface area contributed by atoms with Crippen LogP contribution in [0.5, 0.6) is 0 Å². The molecule has 0 bridgehead atoms. The molecule has 1 fully saturated rings. The molecule has 17 heavy (non-hydrogen) atoms. The van der Waals surface area contributed by atoms with Gasteiger partial charge in [-0.05, 0) is 57.2 Å².